The summed E-state index contributed by atoms with van der Waals surface area (Å²) in [7, 11) is 1.45. The molecular weight excluding hydrogens is 488 g/mol. The fourth-order valence-electron chi connectivity index (χ4n) is 3.08. The highest BCUT2D eigenvalue weighted by Gasteiger charge is 2.13. The van der Waals surface area contributed by atoms with E-state index in [0.29, 0.717) is 41.4 Å². The Morgan fingerprint density at radius 2 is 1.66 bits per heavy atom. The minimum Gasteiger partial charge on any atom is -0.494 e. The summed E-state index contributed by atoms with van der Waals surface area (Å²) in [6.07, 6.45) is 11.4. The van der Waals surface area contributed by atoms with Crippen LogP contribution >= 0.6 is 0 Å². The van der Waals surface area contributed by atoms with E-state index in [1.54, 1.807) is 49.4 Å². The van der Waals surface area contributed by atoms with Gasteiger partial charge < -0.3 is 23.7 Å². The molecule has 0 atom stereocenters. The summed E-state index contributed by atoms with van der Waals surface area (Å²) in [4.78, 5) is 35.5. The lowest BCUT2D eigenvalue weighted by molar-refractivity contribution is -0.139. The van der Waals surface area contributed by atoms with Gasteiger partial charge in [0.1, 0.15) is 5.75 Å². The summed E-state index contributed by atoms with van der Waals surface area (Å²) in [5.74, 6) is 1.94. The molecule has 2 rings (SSSR count). The number of esters is 3. The molecule has 0 fully saturated rings. The van der Waals surface area contributed by atoms with Gasteiger partial charge in [0.05, 0.1) is 25.9 Å². The molecule has 0 radical (unpaired) electrons. The maximum absolute atomic E-state index is 12.6. The SMILES string of the molecule is C#CCOC(=O)/C=C/c1ccc(OC(=O)c2ccc(OCCCCCCOC(=O)C(=C)C)cc2)c(OC)c1. The predicted octanol–water partition coefficient (Wildman–Crippen LogP) is 5.16. The van der Waals surface area contributed by atoms with Crippen molar-refractivity contribution in [2.45, 2.75) is 32.6 Å². The summed E-state index contributed by atoms with van der Waals surface area (Å²) in [6, 6.07) is 11.5. The average molecular weight is 521 g/mol. The zero-order valence-electron chi connectivity index (χ0n) is 21.7. The van der Waals surface area contributed by atoms with Crippen molar-refractivity contribution < 1.29 is 38.1 Å². The third-order valence-electron chi connectivity index (χ3n) is 5.08. The van der Waals surface area contributed by atoms with Crippen molar-refractivity contribution in [2.75, 3.05) is 26.9 Å². The van der Waals surface area contributed by atoms with E-state index in [0.717, 1.165) is 25.7 Å². The first-order valence-corrected chi connectivity index (χ1v) is 12.1. The Hall–Kier alpha value is -4.51. The van der Waals surface area contributed by atoms with Gasteiger partial charge in [0.2, 0.25) is 0 Å². The molecule has 8 nitrogen and oxygen atoms in total. The van der Waals surface area contributed by atoms with E-state index in [2.05, 4.69) is 12.5 Å². The Morgan fingerprint density at radius 3 is 2.32 bits per heavy atom. The predicted molar refractivity (Wildman–Crippen MR) is 143 cm³/mol. The largest absolute Gasteiger partial charge is 0.494 e. The van der Waals surface area contributed by atoms with Crippen LogP contribution in [0.25, 0.3) is 6.08 Å². The molecule has 0 aliphatic rings. The van der Waals surface area contributed by atoms with Crippen molar-refractivity contribution in [2.24, 2.45) is 0 Å². The quantitative estimate of drug-likeness (QED) is 0.104. The monoisotopic (exact) mass is 520 g/mol. The summed E-state index contributed by atoms with van der Waals surface area (Å²) in [5, 5.41) is 0. The molecular formula is C30H32O8. The number of carbonyl (C=O) groups is 3. The van der Waals surface area contributed by atoms with E-state index in [9.17, 15) is 14.4 Å². The number of ether oxygens (including phenoxy) is 5. The molecule has 2 aromatic carbocycles. The molecule has 0 heterocycles. The Labute approximate surface area is 223 Å². The van der Waals surface area contributed by atoms with Gasteiger partial charge in [0, 0.05) is 11.6 Å². The van der Waals surface area contributed by atoms with Crippen molar-refractivity contribution >= 4 is 24.0 Å². The number of rotatable bonds is 15. The van der Waals surface area contributed by atoms with E-state index < -0.39 is 11.9 Å². The standard InChI is InChI=1S/C30H32O8/c1-5-18-36-28(31)17-11-23-10-16-26(27(21-23)34-4)38-30(33)24-12-14-25(15-13-24)35-19-8-6-7-9-20-37-29(32)22(2)3/h1,10-17,21H,2,6-9,18-20H2,3-4H3/b17-11+. The van der Waals surface area contributed by atoms with Crippen LogP contribution in [0.3, 0.4) is 0 Å². The lowest BCUT2D eigenvalue weighted by atomic mass is 10.2. The molecule has 0 unspecified atom stereocenters. The van der Waals surface area contributed by atoms with Crippen molar-refractivity contribution in [3.05, 3.63) is 71.8 Å². The number of methoxy groups -OCH3 is 1. The molecule has 2 aromatic rings. The molecule has 0 N–H and O–H groups in total. The van der Waals surface area contributed by atoms with Crippen molar-refractivity contribution in [1.82, 2.24) is 0 Å². The van der Waals surface area contributed by atoms with Gasteiger partial charge in [-0.2, -0.15) is 0 Å². The van der Waals surface area contributed by atoms with E-state index in [1.807, 2.05) is 0 Å². The van der Waals surface area contributed by atoms with Gasteiger partial charge >= 0.3 is 17.9 Å². The van der Waals surface area contributed by atoms with E-state index in [1.165, 1.54) is 19.3 Å². The molecule has 38 heavy (non-hydrogen) atoms. The van der Waals surface area contributed by atoms with Gasteiger partial charge in [-0.05, 0) is 80.6 Å². The second kappa shape index (κ2) is 16.3. The molecule has 0 aromatic heterocycles. The van der Waals surface area contributed by atoms with E-state index >= 15 is 0 Å². The minimum absolute atomic E-state index is 0.105. The fourth-order valence-corrected chi connectivity index (χ4v) is 3.08. The fraction of sp³-hybridized carbons (Fsp3) is 0.300. The van der Waals surface area contributed by atoms with Crippen LogP contribution in [0, 0.1) is 12.3 Å². The van der Waals surface area contributed by atoms with Crippen LogP contribution in [0.2, 0.25) is 0 Å². The van der Waals surface area contributed by atoms with E-state index in [4.69, 9.17) is 30.1 Å². The summed E-state index contributed by atoms with van der Waals surface area (Å²) < 4.78 is 26.4. The van der Waals surface area contributed by atoms with Crippen LogP contribution in [0.4, 0.5) is 0 Å². The van der Waals surface area contributed by atoms with Crippen molar-refractivity contribution in [1.29, 1.82) is 0 Å². The molecule has 0 bridgehead atoms. The lowest BCUT2D eigenvalue weighted by Gasteiger charge is -2.11. The average Bonchev–Trinajstić information content (AvgIpc) is 2.92. The van der Waals surface area contributed by atoms with Gasteiger partial charge in [-0.25, -0.2) is 14.4 Å². The Kier molecular flexibility index (Phi) is 12.7. The molecule has 0 aliphatic carbocycles. The number of benzene rings is 2. The lowest BCUT2D eigenvalue weighted by Crippen LogP contribution is -2.09. The Bertz CT molecular complexity index is 1170. The minimum atomic E-state index is -0.566. The van der Waals surface area contributed by atoms with Crippen molar-refractivity contribution in [3.8, 4) is 29.6 Å². The Morgan fingerprint density at radius 1 is 0.947 bits per heavy atom. The second-order valence-corrected chi connectivity index (χ2v) is 8.15. The molecule has 0 spiro atoms. The first kappa shape index (κ1) is 29.7. The molecule has 0 aliphatic heterocycles. The highest BCUT2D eigenvalue weighted by Crippen LogP contribution is 2.29. The maximum Gasteiger partial charge on any atom is 0.343 e. The van der Waals surface area contributed by atoms with E-state index in [-0.39, 0.29) is 18.3 Å². The maximum atomic E-state index is 12.6. The van der Waals surface area contributed by atoms with Gasteiger partial charge in [-0.15, -0.1) is 6.42 Å². The second-order valence-electron chi connectivity index (χ2n) is 8.15. The molecule has 200 valence electrons. The number of terminal acetylenes is 1. The number of hydrogen-bond acceptors (Lipinski definition) is 8. The van der Waals surface area contributed by atoms with Crippen molar-refractivity contribution in [3.63, 3.8) is 0 Å². The zero-order chi connectivity index (χ0) is 27.8. The topological polar surface area (TPSA) is 97.4 Å². The van der Waals surface area contributed by atoms with Gasteiger partial charge in [-0.1, -0.05) is 18.6 Å². The summed E-state index contributed by atoms with van der Waals surface area (Å²) in [5.41, 5.74) is 1.40. The smallest absolute Gasteiger partial charge is 0.343 e. The first-order chi connectivity index (χ1) is 18.3. The number of unbranched alkanes of at least 4 members (excludes halogenated alkanes) is 3. The van der Waals surface area contributed by atoms with Crippen LogP contribution in [0.15, 0.2) is 60.7 Å². The third-order valence-corrected chi connectivity index (χ3v) is 5.08. The summed E-state index contributed by atoms with van der Waals surface area (Å²) >= 11 is 0. The number of carbonyl (C=O) groups excluding carboxylic acids is 3. The zero-order valence-corrected chi connectivity index (χ0v) is 21.7. The van der Waals surface area contributed by atoms with Gasteiger partial charge in [0.25, 0.3) is 0 Å². The first-order valence-electron chi connectivity index (χ1n) is 12.1. The molecule has 0 saturated heterocycles. The summed E-state index contributed by atoms with van der Waals surface area (Å²) in [6.45, 7) is 5.99. The Balaban J connectivity index is 1.79. The van der Waals surface area contributed by atoms with Crippen LogP contribution in [0.1, 0.15) is 48.5 Å². The highest BCUT2D eigenvalue weighted by atomic mass is 16.6. The molecule has 0 saturated carbocycles. The van der Waals surface area contributed by atoms with Crippen LogP contribution in [-0.4, -0.2) is 44.8 Å². The molecule has 8 heteroatoms. The normalized spacial score (nSPS) is 10.3. The highest BCUT2D eigenvalue weighted by molar-refractivity contribution is 5.91. The van der Waals surface area contributed by atoms with Gasteiger partial charge in [-0.3, -0.25) is 0 Å². The van der Waals surface area contributed by atoms with Crippen LogP contribution < -0.4 is 14.2 Å². The van der Waals surface area contributed by atoms with Crippen LogP contribution in [-0.2, 0) is 19.1 Å². The van der Waals surface area contributed by atoms with Crippen LogP contribution in [0.5, 0.6) is 17.2 Å². The third kappa shape index (κ3) is 10.6. The van der Waals surface area contributed by atoms with Gasteiger partial charge in [0.15, 0.2) is 18.1 Å². The number of hydrogen-bond donors (Lipinski definition) is 0. The molecule has 0 amide bonds.